The van der Waals surface area contributed by atoms with E-state index < -0.39 is 5.82 Å². The molecule has 2 heterocycles. The van der Waals surface area contributed by atoms with Crippen LogP contribution in [0.5, 0.6) is 0 Å². The van der Waals surface area contributed by atoms with Crippen LogP contribution in [-0.2, 0) is 7.05 Å². The van der Waals surface area contributed by atoms with Gasteiger partial charge in [-0.2, -0.15) is 0 Å². The lowest BCUT2D eigenvalue weighted by Gasteiger charge is -2.03. The maximum atomic E-state index is 13.8. The number of halogens is 2. The van der Waals surface area contributed by atoms with E-state index in [4.69, 9.17) is 11.6 Å². The summed E-state index contributed by atoms with van der Waals surface area (Å²) in [4.78, 5) is 11.9. The first-order chi connectivity index (χ1) is 9.06. The second-order valence-corrected chi connectivity index (χ2v) is 4.60. The Morgan fingerprint density at radius 1 is 1.26 bits per heavy atom. The van der Waals surface area contributed by atoms with Crippen molar-refractivity contribution in [3.8, 4) is 11.3 Å². The Balaban J connectivity index is 2.25. The molecule has 0 amide bonds. The fourth-order valence-electron chi connectivity index (χ4n) is 2.01. The van der Waals surface area contributed by atoms with Crippen LogP contribution in [0.1, 0.15) is 5.82 Å². The zero-order valence-corrected chi connectivity index (χ0v) is 11.1. The Morgan fingerprint density at radius 3 is 2.84 bits per heavy atom. The van der Waals surface area contributed by atoms with E-state index in [-0.39, 0.29) is 11.0 Å². The lowest BCUT2D eigenvalue weighted by molar-refractivity contribution is 0.618. The maximum absolute atomic E-state index is 13.8. The molecule has 0 saturated heterocycles. The van der Waals surface area contributed by atoms with Gasteiger partial charge in [0.15, 0.2) is 5.82 Å². The van der Waals surface area contributed by atoms with Crippen LogP contribution in [0, 0.1) is 12.7 Å². The summed E-state index contributed by atoms with van der Waals surface area (Å²) < 4.78 is 15.7. The smallest absolute Gasteiger partial charge is 0.223 e. The van der Waals surface area contributed by atoms with Crippen LogP contribution >= 0.6 is 11.6 Å². The van der Waals surface area contributed by atoms with Crippen LogP contribution in [0.25, 0.3) is 22.3 Å². The maximum Gasteiger partial charge on any atom is 0.223 e. The third-order valence-corrected chi connectivity index (χ3v) is 3.27. The summed E-state index contributed by atoms with van der Waals surface area (Å²) in [5, 5.41) is 0.0256. The number of fused-ring (bicyclic) bond motifs is 1. The fourth-order valence-corrected chi connectivity index (χ4v) is 2.14. The van der Waals surface area contributed by atoms with Crippen molar-refractivity contribution >= 4 is 22.6 Å². The molecule has 2 aromatic heterocycles. The predicted molar refractivity (Wildman–Crippen MR) is 71.4 cm³/mol. The molecule has 0 spiro atoms. The normalized spacial score (nSPS) is 11.2. The highest BCUT2D eigenvalue weighted by Gasteiger charge is 2.11. The molecule has 4 nitrogen and oxygen atoms in total. The topological polar surface area (TPSA) is 43.6 Å². The highest BCUT2D eigenvalue weighted by Crippen LogP contribution is 2.25. The third-order valence-electron chi connectivity index (χ3n) is 3.09. The van der Waals surface area contributed by atoms with Crippen LogP contribution in [0.4, 0.5) is 4.39 Å². The molecule has 1 aromatic carbocycles. The molecular weight excluding hydrogens is 267 g/mol. The van der Waals surface area contributed by atoms with Crippen molar-refractivity contribution in [3.05, 3.63) is 41.3 Å². The van der Waals surface area contributed by atoms with Gasteiger partial charge in [0.25, 0.3) is 0 Å². The number of rotatable bonds is 1. The molecule has 3 aromatic rings. The van der Waals surface area contributed by atoms with Gasteiger partial charge in [0.1, 0.15) is 11.5 Å². The molecule has 0 atom stereocenters. The van der Waals surface area contributed by atoms with Crippen molar-refractivity contribution in [3.63, 3.8) is 0 Å². The quantitative estimate of drug-likeness (QED) is 0.641. The standard InChI is InChI=1S/C13H10ClFN4/c1-7-17-10-4-3-8(5-11(10)19(7)2)12-9(15)6-16-13(14)18-12/h3-6H,1-2H3. The van der Waals surface area contributed by atoms with Crippen molar-refractivity contribution in [2.75, 3.05) is 0 Å². The molecule has 96 valence electrons. The van der Waals surface area contributed by atoms with Gasteiger partial charge in [-0.15, -0.1) is 0 Å². The van der Waals surface area contributed by atoms with Gasteiger partial charge in [0.05, 0.1) is 17.2 Å². The van der Waals surface area contributed by atoms with E-state index in [1.807, 2.05) is 30.7 Å². The first-order valence-corrected chi connectivity index (χ1v) is 6.05. The number of nitrogens with zero attached hydrogens (tertiary/aromatic N) is 4. The fraction of sp³-hybridized carbons (Fsp3) is 0.154. The molecule has 3 rings (SSSR count). The highest BCUT2D eigenvalue weighted by atomic mass is 35.5. The van der Waals surface area contributed by atoms with E-state index in [1.54, 1.807) is 6.07 Å². The molecule has 0 unspecified atom stereocenters. The van der Waals surface area contributed by atoms with E-state index in [0.717, 1.165) is 23.1 Å². The Bertz CT molecular complexity index is 782. The lowest BCUT2D eigenvalue weighted by Crippen LogP contribution is -1.94. The highest BCUT2D eigenvalue weighted by molar-refractivity contribution is 6.28. The molecular formula is C13H10ClFN4. The Kier molecular flexibility index (Phi) is 2.71. The molecule has 19 heavy (non-hydrogen) atoms. The number of hydrogen-bond acceptors (Lipinski definition) is 3. The van der Waals surface area contributed by atoms with Crippen LogP contribution in [0.3, 0.4) is 0 Å². The van der Waals surface area contributed by atoms with Gasteiger partial charge in [-0.3, -0.25) is 0 Å². The van der Waals surface area contributed by atoms with Gasteiger partial charge in [0.2, 0.25) is 5.28 Å². The molecule has 0 saturated carbocycles. The number of aromatic nitrogens is 4. The van der Waals surface area contributed by atoms with Gasteiger partial charge < -0.3 is 4.57 Å². The number of hydrogen-bond donors (Lipinski definition) is 0. The Morgan fingerprint density at radius 2 is 2.05 bits per heavy atom. The molecule has 0 aliphatic heterocycles. The van der Waals surface area contributed by atoms with E-state index in [1.165, 1.54) is 0 Å². The van der Waals surface area contributed by atoms with E-state index in [2.05, 4.69) is 15.0 Å². The second-order valence-electron chi connectivity index (χ2n) is 4.26. The average molecular weight is 277 g/mol. The van der Waals surface area contributed by atoms with Crippen molar-refractivity contribution in [2.45, 2.75) is 6.92 Å². The minimum absolute atomic E-state index is 0.0256. The summed E-state index contributed by atoms with van der Waals surface area (Å²) in [5.41, 5.74) is 2.63. The molecule has 0 bridgehead atoms. The van der Waals surface area contributed by atoms with Crippen molar-refractivity contribution in [1.82, 2.24) is 19.5 Å². The minimum Gasteiger partial charge on any atom is -0.331 e. The summed E-state index contributed by atoms with van der Waals surface area (Å²) in [5.74, 6) is 0.399. The van der Waals surface area contributed by atoms with Gasteiger partial charge >= 0.3 is 0 Å². The SMILES string of the molecule is Cc1nc2ccc(-c3nc(Cl)ncc3F)cc2n1C. The van der Waals surface area contributed by atoms with Crippen LogP contribution in [0.15, 0.2) is 24.4 Å². The van der Waals surface area contributed by atoms with Gasteiger partial charge in [-0.25, -0.2) is 19.3 Å². The van der Waals surface area contributed by atoms with E-state index >= 15 is 0 Å². The van der Waals surface area contributed by atoms with Crippen molar-refractivity contribution in [1.29, 1.82) is 0 Å². The Labute approximate surface area is 113 Å². The molecule has 6 heteroatoms. The third kappa shape index (κ3) is 1.96. The zero-order valence-electron chi connectivity index (χ0n) is 10.4. The van der Waals surface area contributed by atoms with Crippen molar-refractivity contribution < 1.29 is 4.39 Å². The number of imidazole rings is 1. The van der Waals surface area contributed by atoms with Crippen LogP contribution in [0.2, 0.25) is 5.28 Å². The van der Waals surface area contributed by atoms with Gasteiger partial charge in [-0.05, 0) is 30.7 Å². The van der Waals surface area contributed by atoms with E-state index in [0.29, 0.717) is 5.56 Å². The summed E-state index contributed by atoms with van der Waals surface area (Å²) in [6.45, 7) is 1.92. The number of aryl methyl sites for hydroxylation is 2. The van der Waals surface area contributed by atoms with Crippen molar-refractivity contribution in [2.24, 2.45) is 7.05 Å². The summed E-state index contributed by atoms with van der Waals surface area (Å²) in [6, 6.07) is 5.46. The molecule has 0 aliphatic rings. The lowest BCUT2D eigenvalue weighted by atomic mass is 10.1. The molecule has 0 aliphatic carbocycles. The first-order valence-electron chi connectivity index (χ1n) is 5.68. The minimum atomic E-state index is -0.498. The van der Waals surface area contributed by atoms with E-state index in [9.17, 15) is 4.39 Å². The van der Waals surface area contributed by atoms with Crippen LogP contribution < -0.4 is 0 Å². The summed E-state index contributed by atoms with van der Waals surface area (Å²) >= 11 is 5.71. The largest absolute Gasteiger partial charge is 0.331 e. The summed E-state index contributed by atoms with van der Waals surface area (Å²) in [7, 11) is 1.91. The summed E-state index contributed by atoms with van der Waals surface area (Å²) in [6.07, 6.45) is 1.07. The molecule has 0 fully saturated rings. The Hall–Kier alpha value is -2.01. The van der Waals surface area contributed by atoms with Gasteiger partial charge in [-0.1, -0.05) is 6.07 Å². The molecule has 0 N–H and O–H groups in total. The first kappa shape index (κ1) is 12.0. The zero-order chi connectivity index (χ0) is 13.6. The average Bonchev–Trinajstić information content (AvgIpc) is 2.68. The second kappa shape index (κ2) is 4.28. The monoisotopic (exact) mass is 276 g/mol. The van der Waals surface area contributed by atoms with Crippen LogP contribution in [-0.4, -0.2) is 19.5 Å². The molecule has 0 radical (unpaired) electrons. The van der Waals surface area contributed by atoms with Gasteiger partial charge in [0, 0.05) is 12.6 Å². The predicted octanol–water partition coefficient (Wildman–Crippen LogP) is 3.13. The number of benzene rings is 1.